The van der Waals surface area contributed by atoms with E-state index in [1.807, 2.05) is 0 Å². The minimum Gasteiger partial charge on any atom is -0.333 e. The topological polar surface area (TPSA) is 14.7 Å². The highest BCUT2D eigenvalue weighted by atomic mass is 15.2. The van der Waals surface area contributed by atoms with Crippen LogP contribution in [0.5, 0.6) is 0 Å². The lowest BCUT2D eigenvalue weighted by molar-refractivity contribution is 0.743. The van der Waals surface area contributed by atoms with Crippen LogP contribution in [0.15, 0.2) is 237 Å². The number of para-hydroxylation sites is 2. The molecule has 0 fully saturated rings. The minimum absolute atomic E-state index is 0.141. The molecule has 1 unspecified atom stereocenters. The van der Waals surface area contributed by atoms with Crippen LogP contribution in [-0.4, -0.2) is 4.57 Å². The van der Waals surface area contributed by atoms with Gasteiger partial charge in [0.2, 0.25) is 0 Å². The van der Waals surface area contributed by atoms with Crippen LogP contribution in [0.3, 0.4) is 0 Å². The fraction of sp³-hybridized carbons (Fsp3) is 0.0667. The highest BCUT2D eigenvalue weighted by Crippen LogP contribution is 2.49. The maximum atomic E-state index is 2.56. The van der Waals surface area contributed by atoms with Gasteiger partial charge in [-0.15, -0.1) is 0 Å². The van der Waals surface area contributed by atoms with Gasteiger partial charge in [-0.1, -0.05) is 121 Å². The zero-order valence-electron chi connectivity index (χ0n) is 36.1. The Labute approximate surface area is 376 Å². The van der Waals surface area contributed by atoms with E-state index in [1.165, 1.54) is 55.8 Å². The molecular formula is C60H48N4. The first-order chi connectivity index (χ1) is 31.6. The molecule has 1 aliphatic rings. The Morgan fingerprint density at radius 3 is 1.41 bits per heavy atom. The van der Waals surface area contributed by atoms with Crippen molar-refractivity contribution in [2.75, 3.05) is 14.7 Å². The molecule has 0 N–H and O–H groups in total. The van der Waals surface area contributed by atoms with Gasteiger partial charge in [-0.05, 0) is 163 Å². The van der Waals surface area contributed by atoms with Gasteiger partial charge in [0.15, 0.2) is 0 Å². The fourth-order valence-corrected chi connectivity index (χ4v) is 9.60. The summed E-state index contributed by atoms with van der Waals surface area (Å²) in [5.41, 5.74) is 18.9. The number of hydrogen-bond donors (Lipinski definition) is 0. The maximum absolute atomic E-state index is 2.56. The number of aryl methyl sites for hydroxylation is 2. The number of fused-ring (bicyclic) bond motifs is 2. The molecule has 0 saturated heterocycles. The van der Waals surface area contributed by atoms with Crippen LogP contribution in [0.1, 0.15) is 28.3 Å². The first-order valence-electron chi connectivity index (χ1n) is 22.2. The zero-order chi connectivity index (χ0) is 43.0. The predicted molar refractivity (Wildman–Crippen MR) is 269 cm³/mol. The largest absolute Gasteiger partial charge is 0.333 e. The predicted octanol–water partition coefficient (Wildman–Crippen LogP) is 16.3. The smallest absolute Gasteiger partial charge is 0.0632 e. The van der Waals surface area contributed by atoms with Gasteiger partial charge < -0.3 is 19.3 Å². The molecule has 1 atom stereocenters. The van der Waals surface area contributed by atoms with E-state index in [0.29, 0.717) is 0 Å². The second kappa shape index (κ2) is 16.7. The Balaban J connectivity index is 1.02. The quantitative estimate of drug-likeness (QED) is 0.137. The van der Waals surface area contributed by atoms with E-state index in [4.69, 9.17) is 0 Å². The summed E-state index contributed by atoms with van der Waals surface area (Å²) in [5, 5.41) is 1.21. The second-order valence-electron chi connectivity index (χ2n) is 16.8. The molecule has 0 amide bonds. The first-order valence-corrected chi connectivity index (χ1v) is 22.2. The molecule has 0 saturated carbocycles. The molecule has 1 aromatic heterocycles. The van der Waals surface area contributed by atoms with E-state index in [2.05, 4.69) is 270 Å². The van der Waals surface area contributed by atoms with Gasteiger partial charge in [-0.3, -0.25) is 0 Å². The first kappa shape index (κ1) is 38.8. The molecule has 10 aromatic rings. The van der Waals surface area contributed by atoms with E-state index < -0.39 is 0 Å². The number of anilines is 8. The molecule has 308 valence electrons. The molecule has 4 nitrogen and oxygen atoms in total. The number of hydrogen-bond acceptors (Lipinski definition) is 3. The number of benzene rings is 9. The summed E-state index contributed by atoms with van der Waals surface area (Å²) in [5.74, 6) is 0. The second-order valence-corrected chi connectivity index (χ2v) is 16.8. The maximum Gasteiger partial charge on any atom is 0.0632 e. The Bertz CT molecular complexity index is 3200. The highest BCUT2D eigenvalue weighted by molar-refractivity contribution is 5.95. The number of rotatable bonds is 10. The Morgan fingerprint density at radius 2 is 0.875 bits per heavy atom. The fourth-order valence-electron chi connectivity index (χ4n) is 9.60. The van der Waals surface area contributed by atoms with Crippen molar-refractivity contribution >= 4 is 56.4 Å². The van der Waals surface area contributed by atoms with E-state index in [9.17, 15) is 0 Å². The van der Waals surface area contributed by atoms with Crippen molar-refractivity contribution in [3.8, 4) is 16.9 Å². The van der Waals surface area contributed by atoms with E-state index in [1.54, 1.807) is 0 Å². The molecule has 1 aliphatic heterocycles. The van der Waals surface area contributed by atoms with Crippen molar-refractivity contribution in [1.29, 1.82) is 0 Å². The number of nitrogens with zero attached hydrogens (tertiary/aromatic N) is 4. The molecule has 0 bridgehead atoms. The third kappa shape index (κ3) is 7.29. The minimum atomic E-state index is 0.141. The van der Waals surface area contributed by atoms with Gasteiger partial charge in [0.25, 0.3) is 0 Å². The molecular weight excluding hydrogens is 777 g/mol. The van der Waals surface area contributed by atoms with Crippen LogP contribution < -0.4 is 14.7 Å². The molecule has 2 heterocycles. The lowest BCUT2D eigenvalue weighted by atomic mass is 10.0. The van der Waals surface area contributed by atoms with Gasteiger partial charge in [0.05, 0.1) is 17.3 Å². The molecule has 4 heteroatoms. The van der Waals surface area contributed by atoms with Crippen LogP contribution in [-0.2, 0) is 6.42 Å². The Kier molecular flexibility index (Phi) is 10.1. The summed E-state index contributed by atoms with van der Waals surface area (Å²) in [4.78, 5) is 7.24. The van der Waals surface area contributed by atoms with Crippen molar-refractivity contribution in [2.45, 2.75) is 26.3 Å². The SMILES string of the molecule is Cc1cccc(N(c2ccccc2)c2ccc(N3c4cc5cc(-c6ccccc6)n(-c6ccc(N(c7ccccc7)c7cccc(C)c7)cc6)c5cc4CC3c3ccccc3)cc2)c1. The van der Waals surface area contributed by atoms with E-state index >= 15 is 0 Å². The molecule has 11 rings (SSSR count). The normalized spacial score (nSPS) is 13.2. The standard InChI is InChI=1S/C60H48N4/c1-43-17-15-27-55(37-43)61(49-23-11-5-12-24-49)51-29-33-53(34-30-51)63-57(45-19-7-3-8-20-45)39-47-42-60-48(41-59(47)63)40-58(46-21-9-4-10-22-46)64(60)54-35-31-52(32-36-54)62(50-25-13-6-14-26-50)56-28-16-18-44(2)38-56/h3-39,41-42,58H,40H2,1-2H3. The summed E-state index contributed by atoms with van der Waals surface area (Å²) in [7, 11) is 0. The average molecular weight is 825 g/mol. The average Bonchev–Trinajstić information content (AvgIpc) is 3.91. The molecule has 9 aromatic carbocycles. The van der Waals surface area contributed by atoms with Crippen LogP contribution in [0.25, 0.3) is 27.8 Å². The van der Waals surface area contributed by atoms with Gasteiger partial charge in [-0.2, -0.15) is 0 Å². The zero-order valence-corrected chi connectivity index (χ0v) is 36.1. The van der Waals surface area contributed by atoms with E-state index in [-0.39, 0.29) is 6.04 Å². The Hall–Kier alpha value is -8.08. The van der Waals surface area contributed by atoms with Gasteiger partial charge >= 0.3 is 0 Å². The van der Waals surface area contributed by atoms with Gasteiger partial charge in [-0.25, -0.2) is 0 Å². The van der Waals surface area contributed by atoms with Crippen molar-refractivity contribution in [2.24, 2.45) is 0 Å². The number of aromatic nitrogens is 1. The third-order valence-electron chi connectivity index (χ3n) is 12.5. The molecule has 0 aliphatic carbocycles. The van der Waals surface area contributed by atoms with Crippen LogP contribution in [0, 0.1) is 13.8 Å². The molecule has 64 heavy (non-hydrogen) atoms. The van der Waals surface area contributed by atoms with Crippen LogP contribution in [0.2, 0.25) is 0 Å². The third-order valence-corrected chi connectivity index (χ3v) is 12.5. The lowest BCUT2D eigenvalue weighted by Crippen LogP contribution is -2.19. The summed E-state index contributed by atoms with van der Waals surface area (Å²) in [6.45, 7) is 4.31. The lowest BCUT2D eigenvalue weighted by Gasteiger charge is -2.30. The van der Waals surface area contributed by atoms with Gasteiger partial charge in [0.1, 0.15) is 0 Å². The summed E-state index contributed by atoms with van der Waals surface area (Å²) >= 11 is 0. The van der Waals surface area contributed by atoms with Gasteiger partial charge in [0, 0.05) is 56.6 Å². The Morgan fingerprint density at radius 1 is 0.406 bits per heavy atom. The van der Waals surface area contributed by atoms with Crippen molar-refractivity contribution in [1.82, 2.24) is 4.57 Å². The van der Waals surface area contributed by atoms with E-state index in [0.717, 1.165) is 46.2 Å². The summed E-state index contributed by atoms with van der Waals surface area (Å²) in [6, 6.07) is 86.1. The summed E-state index contributed by atoms with van der Waals surface area (Å²) in [6.07, 6.45) is 0.893. The monoisotopic (exact) mass is 824 g/mol. The van der Waals surface area contributed by atoms with Crippen molar-refractivity contribution < 1.29 is 0 Å². The highest BCUT2D eigenvalue weighted by Gasteiger charge is 2.33. The van der Waals surface area contributed by atoms with Crippen LogP contribution >= 0.6 is 0 Å². The van der Waals surface area contributed by atoms with Crippen molar-refractivity contribution in [3.05, 3.63) is 259 Å². The molecule has 0 radical (unpaired) electrons. The molecule has 0 spiro atoms. The van der Waals surface area contributed by atoms with Crippen molar-refractivity contribution in [3.63, 3.8) is 0 Å². The van der Waals surface area contributed by atoms with Crippen LogP contribution in [0.4, 0.5) is 45.5 Å². The summed E-state index contributed by atoms with van der Waals surface area (Å²) < 4.78 is 2.45.